The van der Waals surface area contributed by atoms with E-state index in [1.54, 1.807) is 0 Å². The van der Waals surface area contributed by atoms with E-state index in [2.05, 4.69) is 22.8 Å². The topological polar surface area (TPSA) is 41.1 Å². The number of hydrogen-bond acceptors (Lipinski definition) is 2. The fraction of sp³-hybridized carbons (Fsp3) is 0.562. The van der Waals surface area contributed by atoms with E-state index in [1.807, 2.05) is 6.07 Å². The molecular weight excluding hydrogens is 236 g/mol. The summed E-state index contributed by atoms with van der Waals surface area (Å²) in [5.74, 6) is 2.23. The Morgan fingerprint density at radius 2 is 2.05 bits per heavy atom. The number of rotatable bonds is 2. The van der Waals surface area contributed by atoms with Crippen molar-refractivity contribution in [1.29, 1.82) is 0 Å². The quantitative estimate of drug-likeness (QED) is 0.852. The van der Waals surface area contributed by atoms with Crippen LogP contribution in [0.2, 0.25) is 0 Å². The number of benzene rings is 1. The molecule has 19 heavy (non-hydrogen) atoms. The number of fused-ring (bicyclic) bond motifs is 2. The Morgan fingerprint density at radius 3 is 2.89 bits per heavy atom. The average molecular weight is 256 g/mol. The third-order valence-electron chi connectivity index (χ3n) is 5.02. The van der Waals surface area contributed by atoms with Crippen LogP contribution >= 0.6 is 0 Å². The molecule has 3 aliphatic rings. The van der Waals surface area contributed by atoms with E-state index in [0.29, 0.717) is 0 Å². The van der Waals surface area contributed by atoms with Gasteiger partial charge in [-0.2, -0.15) is 0 Å². The predicted octanol–water partition coefficient (Wildman–Crippen LogP) is 2.32. The molecule has 2 fully saturated rings. The van der Waals surface area contributed by atoms with Gasteiger partial charge in [0.2, 0.25) is 5.91 Å². The van der Waals surface area contributed by atoms with Crippen molar-refractivity contribution in [2.75, 3.05) is 11.9 Å². The van der Waals surface area contributed by atoms with E-state index in [0.717, 1.165) is 49.9 Å². The maximum atomic E-state index is 12.3. The smallest absolute Gasteiger partial charge is 0.227 e. The lowest BCUT2D eigenvalue weighted by Crippen LogP contribution is -2.27. The van der Waals surface area contributed by atoms with Crippen LogP contribution in [0.25, 0.3) is 0 Å². The Hall–Kier alpha value is -1.35. The Kier molecular flexibility index (Phi) is 2.62. The number of nitrogens with one attached hydrogen (secondary N) is 2. The first kappa shape index (κ1) is 11.5. The second-order valence-corrected chi connectivity index (χ2v) is 6.28. The number of carbonyl (C=O) groups excluding carboxylic acids is 1. The predicted molar refractivity (Wildman–Crippen MR) is 74.8 cm³/mol. The minimum atomic E-state index is 0.242. The van der Waals surface area contributed by atoms with E-state index in [-0.39, 0.29) is 11.8 Å². The van der Waals surface area contributed by atoms with Gasteiger partial charge in [0.15, 0.2) is 0 Å². The van der Waals surface area contributed by atoms with E-state index < -0.39 is 0 Å². The van der Waals surface area contributed by atoms with Gasteiger partial charge in [-0.25, -0.2) is 0 Å². The lowest BCUT2D eigenvalue weighted by molar-refractivity contribution is -0.120. The second-order valence-electron chi connectivity index (χ2n) is 6.28. The van der Waals surface area contributed by atoms with Crippen molar-refractivity contribution < 1.29 is 4.79 Å². The van der Waals surface area contributed by atoms with E-state index in [1.165, 1.54) is 17.5 Å². The molecule has 0 bridgehead atoms. The van der Waals surface area contributed by atoms with Gasteiger partial charge in [-0.05, 0) is 61.3 Å². The Balaban J connectivity index is 1.51. The van der Waals surface area contributed by atoms with Crippen molar-refractivity contribution in [3.63, 3.8) is 0 Å². The number of amides is 1. The summed E-state index contributed by atoms with van der Waals surface area (Å²) in [7, 11) is 0. The van der Waals surface area contributed by atoms with Gasteiger partial charge in [0.05, 0.1) is 0 Å². The lowest BCUT2D eigenvalue weighted by Gasteiger charge is -2.21. The van der Waals surface area contributed by atoms with Crippen molar-refractivity contribution in [3.8, 4) is 0 Å². The SMILES string of the molecule is O=C(Nc1cccc2c1CNCC2)C1CC2CC2C1. The first-order valence-corrected chi connectivity index (χ1v) is 7.43. The Bertz CT molecular complexity index is 515. The molecule has 100 valence electrons. The molecule has 2 aliphatic carbocycles. The van der Waals surface area contributed by atoms with Crippen LogP contribution in [-0.2, 0) is 17.8 Å². The number of anilines is 1. The summed E-state index contributed by atoms with van der Waals surface area (Å²) in [4.78, 5) is 12.3. The molecule has 2 atom stereocenters. The maximum absolute atomic E-state index is 12.3. The molecule has 2 N–H and O–H groups in total. The van der Waals surface area contributed by atoms with E-state index in [4.69, 9.17) is 0 Å². The fourth-order valence-electron chi connectivity index (χ4n) is 3.79. The molecule has 1 aliphatic heterocycles. The van der Waals surface area contributed by atoms with Crippen LogP contribution in [0.4, 0.5) is 5.69 Å². The van der Waals surface area contributed by atoms with Crippen molar-refractivity contribution >= 4 is 11.6 Å². The maximum Gasteiger partial charge on any atom is 0.227 e. The van der Waals surface area contributed by atoms with Gasteiger partial charge in [-0.15, -0.1) is 0 Å². The van der Waals surface area contributed by atoms with Crippen LogP contribution in [0.5, 0.6) is 0 Å². The van der Waals surface area contributed by atoms with Gasteiger partial charge in [0.25, 0.3) is 0 Å². The van der Waals surface area contributed by atoms with Crippen LogP contribution < -0.4 is 10.6 Å². The molecule has 1 aromatic rings. The highest BCUT2D eigenvalue weighted by molar-refractivity contribution is 5.93. The standard InChI is InChI=1S/C16H20N2O/c19-16(13-7-11-6-12(11)8-13)18-15-3-1-2-10-4-5-17-9-14(10)15/h1-3,11-13,17H,4-9H2,(H,18,19). The molecule has 1 heterocycles. The molecule has 1 aromatic carbocycles. The normalized spacial score (nSPS) is 31.5. The minimum absolute atomic E-state index is 0.242. The highest BCUT2D eigenvalue weighted by Gasteiger charge is 2.48. The van der Waals surface area contributed by atoms with Gasteiger partial charge in [-0.1, -0.05) is 12.1 Å². The summed E-state index contributed by atoms with van der Waals surface area (Å²) in [6.45, 7) is 1.91. The first-order valence-electron chi connectivity index (χ1n) is 7.43. The van der Waals surface area contributed by atoms with Crippen molar-refractivity contribution in [1.82, 2.24) is 5.32 Å². The summed E-state index contributed by atoms with van der Waals surface area (Å²) in [6, 6.07) is 6.28. The van der Waals surface area contributed by atoms with Crippen molar-refractivity contribution in [3.05, 3.63) is 29.3 Å². The zero-order chi connectivity index (χ0) is 12.8. The van der Waals surface area contributed by atoms with Crippen LogP contribution in [-0.4, -0.2) is 12.5 Å². The molecular formula is C16H20N2O. The zero-order valence-electron chi connectivity index (χ0n) is 11.1. The van der Waals surface area contributed by atoms with Gasteiger partial charge in [0, 0.05) is 18.2 Å². The Morgan fingerprint density at radius 1 is 1.21 bits per heavy atom. The van der Waals surface area contributed by atoms with Gasteiger partial charge < -0.3 is 10.6 Å². The lowest BCUT2D eigenvalue weighted by atomic mass is 9.98. The highest BCUT2D eigenvalue weighted by Crippen LogP contribution is 2.54. The summed E-state index contributed by atoms with van der Waals surface area (Å²) < 4.78 is 0. The van der Waals surface area contributed by atoms with E-state index in [9.17, 15) is 4.79 Å². The molecule has 0 radical (unpaired) electrons. The minimum Gasteiger partial charge on any atom is -0.326 e. The molecule has 0 aromatic heterocycles. The molecule has 0 saturated heterocycles. The number of hydrogen-bond donors (Lipinski definition) is 2. The molecule has 2 unspecified atom stereocenters. The summed E-state index contributed by atoms with van der Waals surface area (Å²) in [5.41, 5.74) is 3.69. The molecule has 1 amide bonds. The second kappa shape index (κ2) is 4.34. The average Bonchev–Trinajstić information content (AvgIpc) is 3.05. The zero-order valence-corrected chi connectivity index (χ0v) is 11.1. The van der Waals surface area contributed by atoms with Gasteiger partial charge in [0.1, 0.15) is 0 Å². The van der Waals surface area contributed by atoms with Crippen LogP contribution in [0, 0.1) is 17.8 Å². The molecule has 2 saturated carbocycles. The van der Waals surface area contributed by atoms with Crippen LogP contribution in [0.15, 0.2) is 18.2 Å². The third kappa shape index (κ3) is 2.06. The van der Waals surface area contributed by atoms with Gasteiger partial charge in [-0.3, -0.25) is 4.79 Å². The third-order valence-corrected chi connectivity index (χ3v) is 5.02. The van der Waals surface area contributed by atoms with Crippen LogP contribution in [0.3, 0.4) is 0 Å². The summed E-state index contributed by atoms with van der Waals surface area (Å²) in [5, 5.41) is 6.56. The molecule has 3 heteroatoms. The monoisotopic (exact) mass is 256 g/mol. The highest BCUT2D eigenvalue weighted by atomic mass is 16.1. The first-order chi connectivity index (χ1) is 9.31. The van der Waals surface area contributed by atoms with Crippen LogP contribution in [0.1, 0.15) is 30.4 Å². The summed E-state index contributed by atoms with van der Waals surface area (Å²) >= 11 is 0. The summed E-state index contributed by atoms with van der Waals surface area (Å²) in [6.07, 6.45) is 4.66. The number of carbonyl (C=O) groups is 1. The van der Waals surface area contributed by atoms with Crippen molar-refractivity contribution in [2.45, 2.75) is 32.2 Å². The molecule has 0 spiro atoms. The molecule has 3 nitrogen and oxygen atoms in total. The van der Waals surface area contributed by atoms with Gasteiger partial charge >= 0.3 is 0 Å². The van der Waals surface area contributed by atoms with E-state index >= 15 is 0 Å². The fourth-order valence-corrected chi connectivity index (χ4v) is 3.79. The largest absolute Gasteiger partial charge is 0.326 e. The van der Waals surface area contributed by atoms with Crippen molar-refractivity contribution in [2.24, 2.45) is 17.8 Å². The Labute approximate surface area is 113 Å². The molecule has 4 rings (SSSR count).